The van der Waals surface area contributed by atoms with Gasteiger partial charge in [0.2, 0.25) is 0 Å². The van der Waals surface area contributed by atoms with E-state index >= 15 is 0 Å². The summed E-state index contributed by atoms with van der Waals surface area (Å²) in [6.07, 6.45) is 0. The number of Topliss-reactive ketones (excluding diaryl/α,β-unsaturated/α-hetero) is 1. The van der Waals surface area contributed by atoms with Crippen molar-refractivity contribution in [3.05, 3.63) is 24.3 Å². The van der Waals surface area contributed by atoms with Crippen LogP contribution in [0.4, 0.5) is 0 Å². The maximum Gasteiger partial charge on any atom is 0.186 e. The van der Waals surface area contributed by atoms with Gasteiger partial charge in [-0.05, 0) is 7.05 Å². The van der Waals surface area contributed by atoms with Crippen LogP contribution in [-0.4, -0.2) is 30.8 Å². The maximum atomic E-state index is 11.0. The number of nitrogens with zero attached hydrogens (tertiary/aromatic N) is 1. The van der Waals surface area contributed by atoms with Gasteiger partial charge in [0.05, 0.1) is 0 Å². The fourth-order valence-electron chi connectivity index (χ4n) is 1.10. The molecule has 2 nitrogen and oxygen atoms in total. The average molecular weight is 137 g/mol. The predicted molar refractivity (Wildman–Crippen MR) is 40.8 cm³/mol. The molecule has 0 atom stereocenters. The molecule has 1 saturated heterocycles. The first kappa shape index (κ1) is 7.22. The molecule has 0 aromatic rings. The Morgan fingerprint density at radius 3 is 2.10 bits per heavy atom. The Morgan fingerprint density at radius 1 is 1.30 bits per heavy atom. The fraction of sp³-hybridized carbons (Fsp3) is 0.375. The number of ketones is 1. The van der Waals surface area contributed by atoms with Gasteiger partial charge in [-0.15, -0.1) is 0 Å². The molecule has 0 aliphatic carbocycles. The number of hydrogen-bond acceptors (Lipinski definition) is 2. The molecule has 54 valence electrons. The Kier molecular flexibility index (Phi) is 1.72. The zero-order chi connectivity index (χ0) is 7.72. The third kappa shape index (κ3) is 1.16. The third-order valence-electron chi connectivity index (χ3n) is 1.56. The minimum Gasteiger partial charge on any atom is -0.298 e. The molecule has 0 amide bonds. The Bertz CT molecular complexity index is 185. The normalized spacial score (nSPS) is 21.9. The van der Waals surface area contributed by atoms with Gasteiger partial charge < -0.3 is 0 Å². The maximum absolute atomic E-state index is 11.0. The first-order valence-corrected chi connectivity index (χ1v) is 3.20. The van der Waals surface area contributed by atoms with E-state index in [0.717, 1.165) is 0 Å². The van der Waals surface area contributed by atoms with E-state index in [9.17, 15) is 4.79 Å². The summed E-state index contributed by atoms with van der Waals surface area (Å²) in [6.45, 7) is 8.64. The highest BCUT2D eigenvalue weighted by Gasteiger charge is 2.19. The molecule has 0 aromatic heterocycles. The number of carbonyl (C=O) groups excluding carboxylic acids is 1. The minimum atomic E-state index is 0.0399. The molecule has 0 saturated carbocycles. The molecular weight excluding hydrogens is 126 g/mol. The summed E-state index contributed by atoms with van der Waals surface area (Å²) in [4.78, 5) is 13.1. The van der Waals surface area contributed by atoms with E-state index < -0.39 is 0 Å². The van der Waals surface area contributed by atoms with Crippen molar-refractivity contribution < 1.29 is 4.79 Å². The second kappa shape index (κ2) is 2.39. The van der Waals surface area contributed by atoms with Crippen LogP contribution in [-0.2, 0) is 4.79 Å². The number of piperidine rings is 1. The Morgan fingerprint density at radius 2 is 1.70 bits per heavy atom. The number of hydrogen-bond donors (Lipinski definition) is 0. The smallest absolute Gasteiger partial charge is 0.186 e. The van der Waals surface area contributed by atoms with Crippen molar-refractivity contribution >= 4 is 5.78 Å². The highest BCUT2D eigenvalue weighted by molar-refractivity contribution is 6.08. The van der Waals surface area contributed by atoms with Crippen molar-refractivity contribution in [2.75, 3.05) is 20.1 Å². The van der Waals surface area contributed by atoms with Crippen LogP contribution in [0.2, 0.25) is 0 Å². The average Bonchev–Trinajstić information content (AvgIpc) is 1.82. The first-order valence-electron chi connectivity index (χ1n) is 3.20. The second-order valence-corrected chi connectivity index (χ2v) is 2.71. The van der Waals surface area contributed by atoms with Gasteiger partial charge >= 0.3 is 0 Å². The molecule has 0 unspecified atom stereocenters. The summed E-state index contributed by atoms with van der Waals surface area (Å²) in [7, 11) is 1.95. The monoisotopic (exact) mass is 137 g/mol. The van der Waals surface area contributed by atoms with Crippen molar-refractivity contribution in [1.29, 1.82) is 0 Å². The molecule has 0 radical (unpaired) electrons. The molecule has 0 aromatic carbocycles. The predicted octanol–water partition coefficient (Wildman–Crippen LogP) is 0.613. The van der Waals surface area contributed by atoms with Crippen molar-refractivity contribution in [2.24, 2.45) is 0 Å². The molecule has 0 N–H and O–H groups in total. The van der Waals surface area contributed by atoms with E-state index in [0.29, 0.717) is 24.2 Å². The zero-order valence-electron chi connectivity index (χ0n) is 6.18. The first-order chi connectivity index (χ1) is 4.61. The summed E-state index contributed by atoms with van der Waals surface area (Å²) >= 11 is 0. The standard InChI is InChI=1S/C8H11NO/c1-6-4-9(3)5-7(2)8(6)10/h1-2,4-5H2,3H3. The lowest BCUT2D eigenvalue weighted by Gasteiger charge is -2.24. The molecule has 2 heteroatoms. The lowest BCUT2D eigenvalue weighted by molar-refractivity contribution is -0.113. The Hall–Kier alpha value is -0.890. The molecule has 0 bridgehead atoms. The van der Waals surface area contributed by atoms with E-state index in [1.54, 1.807) is 0 Å². The van der Waals surface area contributed by atoms with Crippen LogP contribution in [0.25, 0.3) is 0 Å². The van der Waals surface area contributed by atoms with Crippen molar-refractivity contribution in [1.82, 2.24) is 4.90 Å². The second-order valence-electron chi connectivity index (χ2n) is 2.71. The molecule has 1 heterocycles. The van der Waals surface area contributed by atoms with Gasteiger partial charge in [-0.3, -0.25) is 9.69 Å². The van der Waals surface area contributed by atoms with E-state index in [2.05, 4.69) is 13.2 Å². The quantitative estimate of drug-likeness (QED) is 0.456. The van der Waals surface area contributed by atoms with E-state index in [4.69, 9.17) is 0 Å². The molecule has 10 heavy (non-hydrogen) atoms. The van der Waals surface area contributed by atoms with E-state index in [-0.39, 0.29) is 5.78 Å². The minimum absolute atomic E-state index is 0.0399. The van der Waals surface area contributed by atoms with Crippen LogP contribution >= 0.6 is 0 Å². The van der Waals surface area contributed by atoms with Crippen molar-refractivity contribution in [2.45, 2.75) is 0 Å². The molecule has 0 spiro atoms. The fourth-order valence-corrected chi connectivity index (χ4v) is 1.10. The van der Waals surface area contributed by atoms with Gasteiger partial charge in [-0.2, -0.15) is 0 Å². The Labute approximate surface area is 60.8 Å². The number of carbonyl (C=O) groups is 1. The van der Waals surface area contributed by atoms with Gasteiger partial charge in [-0.25, -0.2) is 0 Å². The van der Waals surface area contributed by atoms with Crippen LogP contribution in [0.1, 0.15) is 0 Å². The van der Waals surface area contributed by atoms with Crippen molar-refractivity contribution in [3.8, 4) is 0 Å². The Balaban J connectivity index is 2.76. The van der Waals surface area contributed by atoms with Gasteiger partial charge in [0.15, 0.2) is 5.78 Å². The van der Waals surface area contributed by atoms with Gasteiger partial charge in [0.25, 0.3) is 0 Å². The number of likely N-dealkylation sites (N-methyl/N-ethyl adjacent to an activating group) is 1. The van der Waals surface area contributed by atoms with Crippen LogP contribution in [0.15, 0.2) is 24.3 Å². The summed E-state index contributed by atoms with van der Waals surface area (Å²) in [5.41, 5.74) is 1.30. The largest absolute Gasteiger partial charge is 0.298 e. The highest BCUT2D eigenvalue weighted by Crippen LogP contribution is 2.11. The highest BCUT2D eigenvalue weighted by atomic mass is 16.1. The topological polar surface area (TPSA) is 20.3 Å². The molecule has 1 aliphatic heterocycles. The number of rotatable bonds is 0. The summed E-state index contributed by atoms with van der Waals surface area (Å²) in [6, 6.07) is 0. The van der Waals surface area contributed by atoms with Crippen LogP contribution in [0.5, 0.6) is 0 Å². The molecule has 1 aliphatic rings. The third-order valence-corrected chi connectivity index (χ3v) is 1.56. The lowest BCUT2D eigenvalue weighted by Crippen LogP contribution is -2.33. The van der Waals surface area contributed by atoms with Crippen molar-refractivity contribution in [3.63, 3.8) is 0 Å². The van der Waals surface area contributed by atoms with Crippen LogP contribution < -0.4 is 0 Å². The zero-order valence-corrected chi connectivity index (χ0v) is 6.18. The van der Waals surface area contributed by atoms with E-state index in [1.165, 1.54) is 0 Å². The van der Waals surface area contributed by atoms with Crippen LogP contribution in [0, 0.1) is 0 Å². The SMILES string of the molecule is C=C1CN(C)CC(=C)C1=O. The number of likely N-dealkylation sites (tertiary alicyclic amines) is 1. The van der Waals surface area contributed by atoms with Gasteiger partial charge in [0, 0.05) is 24.2 Å². The molecule has 1 fully saturated rings. The van der Waals surface area contributed by atoms with Gasteiger partial charge in [0.1, 0.15) is 0 Å². The lowest BCUT2D eigenvalue weighted by atomic mass is 10.0. The summed E-state index contributed by atoms with van der Waals surface area (Å²) < 4.78 is 0. The molecular formula is C8H11NO. The van der Waals surface area contributed by atoms with E-state index in [1.807, 2.05) is 11.9 Å². The van der Waals surface area contributed by atoms with Crippen LogP contribution in [0.3, 0.4) is 0 Å². The van der Waals surface area contributed by atoms with Gasteiger partial charge in [-0.1, -0.05) is 13.2 Å². The summed E-state index contributed by atoms with van der Waals surface area (Å²) in [5, 5.41) is 0. The summed E-state index contributed by atoms with van der Waals surface area (Å²) in [5.74, 6) is 0.0399. The molecule has 1 rings (SSSR count).